The van der Waals surface area contributed by atoms with E-state index in [4.69, 9.17) is 38.4 Å². The molecule has 0 bridgehead atoms. The fraction of sp³-hybridized carbons (Fsp3) is 0.389. The second-order valence-electron chi connectivity index (χ2n) is 6.00. The van der Waals surface area contributed by atoms with Crippen molar-refractivity contribution in [3.05, 3.63) is 57.7 Å². The number of benzene rings is 1. The largest absolute Gasteiger partial charge is 0.474 e. The van der Waals surface area contributed by atoms with E-state index in [-0.39, 0.29) is 30.9 Å². The number of aliphatic hydroxyl groups excluding tert-OH is 1. The van der Waals surface area contributed by atoms with E-state index in [0.717, 1.165) is 12.8 Å². The first kappa shape index (κ1) is 24.2. The second-order valence-corrected chi connectivity index (χ2v) is 6.82. The van der Waals surface area contributed by atoms with E-state index in [2.05, 4.69) is 4.98 Å². The van der Waals surface area contributed by atoms with Gasteiger partial charge in [-0.2, -0.15) is 0 Å². The first-order chi connectivity index (χ1) is 12.0. The standard InChI is InChI=1S/C18H20Cl2N2O3.2ClH/c19-14-3-1-11(9-15(14)20)17(21)18(23)12-2-4-16(22-10-12)25-13-5-7-24-8-6-13;;/h1-4,9-10,13,17-18,23H,5-8,21H2;2*1H/t17-,18+;;/m0../s1. The maximum absolute atomic E-state index is 10.5. The third-order valence-corrected chi connectivity index (χ3v) is 4.96. The van der Waals surface area contributed by atoms with Crippen molar-refractivity contribution in [2.24, 2.45) is 5.73 Å². The van der Waals surface area contributed by atoms with E-state index in [1.165, 1.54) is 0 Å². The molecular formula is C18H22Cl4N2O3. The molecular weight excluding hydrogens is 434 g/mol. The van der Waals surface area contributed by atoms with Gasteiger partial charge in [-0.25, -0.2) is 4.98 Å². The number of hydrogen-bond donors (Lipinski definition) is 2. The van der Waals surface area contributed by atoms with Crippen molar-refractivity contribution in [2.45, 2.75) is 31.1 Å². The van der Waals surface area contributed by atoms with Gasteiger partial charge in [0.05, 0.1) is 35.4 Å². The normalized spacial score (nSPS) is 16.6. The molecule has 27 heavy (non-hydrogen) atoms. The number of aromatic nitrogens is 1. The lowest BCUT2D eigenvalue weighted by atomic mass is 9.98. The molecule has 0 unspecified atom stereocenters. The Balaban J connectivity index is 0.00000182. The molecule has 3 rings (SSSR count). The summed E-state index contributed by atoms with van der Waals surface area (Å²) in [4.78, 5) is 4.28. The van der Waals surface area contributed by atoms with Gasteiger partial charge in [-0.1, -0.05) is 29.3 Å². The van der Waals surface area contributed by atoms with Crippen molar-refractivity contribution in [1.29, 1.82) is 0 Å². The Kier molecular flexibility index (Phi) is 10.1. The average molecular weight is 456 g/mol. The van der Waals surface area contributed by atoms with E-state index < -0.39 is 12.1 Å². The SMILES string of the molecule is Cl.Cl.N[C@@H](c1ccc(Cl)c(Cl)c1)[C@H](O)c1ccc(OC2CCOCC2)nc1. The van der Waals surface area contributed by atoms with Gasteiger partial charge >= 0.3 is 0 Å². The van der Waals surface area contributed by atoms with Crippen LogP contribution in [-0.4, -0.2) is 29.4 Å². The molecule has 1 aromatic carbocycles. The lowest BCUT2D eigenvalue weighted by molar-refractivity contribution is 0.0237. The molecule has 0 radical (unpaired) electrons. The topological polar surface area (TPSA) is 77.6 Å². The third-order valence-electron chi connectivity index (χ3n) is 4.23. The quantitative estimate of drug-likeness (QED) is 0.692. The van der Waals surface area contributed by atoms with Gasteiger partial charge < -0.3 is 20.3 Å². The summed E-state index contributed by atoms with van der Waals surface area (Å²) in [6.07, 6.45) is 2.50. The van der Waals surface area contributed by atoms with E-state index in [0.29, 0.717) is 40.3 Å². The number of halogens is 4. The summed E-state index contributed by atoms with van der Waals surface area (Å²) >= 11 is 11.9. The van der Waals surface area contributed by atoms with E-state index >= 15 is 0 Å². The molecule has 0 amide bonds. The maximum Gasteiger partial charge on any atom is 0.213 e. The van der Waals surface area contributed by atoms with Gasteiger partial charge in [-0.3, -0.25) is 0 Å². The van der Waals surface area contributed by atoms with Crippen LogP contribution < -0.4 is 10.5 Å². The molecule has 5 nitrogen and oxygen atoms in total. The molecule has 0 spiro atoms. The Bertz CT molecular complexity index is 712. The van der Waals surface area contributed by atoms with Crippen molar-refractivity contribution >= 4 is 48.0 Å². The van der Waals surface area contributed by atoms with Crippen LogP contribution in [0.2, 0.25) is 10.0 Å². The first-order valence-corrected chi connectivity index (χ1v) is 8.89. The van der Waals surface area contributed by atoms with Gasteiger partial charge in [-0.05, 0) is 23.8 Å². The fourth-order valence-electron chi connectivity index (χ4n) is 2.71. The highest BCUT2D eigenvalue weighted by atomic mass is 35.5. The molecule has 9 heteroatoms. The summed E-state index contributed by atoms with van der Waals surface area (Å²) in [5.41, 5.74) is 7.46. The van der Waals surface area contributed by atoms with E-state index in [1.54, 1.807) is 36.5 Å². The monoisotopic (exact) mass is 454 g/mol. The number of nitrogens with zero attached hydrogens (tertiary/aromatic N) is 1. The highest BCUT2D eigenvalue weighted by Gasteiger charge is 2.21. The fourth-order valence-corrected chi connectivity index (χ4v) is 3.02. The molecule has 1 fully saturated rings. The molecule has 1 aromatic heterocycles. The average Bonchev–Trinajstić information content (AvgIpc) is 2.64. The van der Waals surface area contributed by atoms with Crippen LogP contribution in [0, 0.1) is 0 Å². The predicted octanol–water partition coefficient (Wildman–Crippen LogP) is 4.52. The minimum atomic E-state index is -0.915. The Morgan fingerprint density at radius 1 is 1.07 bits per heavy atom. The van der Waals surface area contributed by atoms with Crippen molar-refractivity contribution in [2.75, 3.05) is 13.2 Å². The molecule has 1 aliphatic rings. The van der Waals surface area contributed by atoms with Gasteiger partial charge in [-0.15, -0.1) is 24.8 Å². The number of ether oxygens (including phenoxy) is 2. The third kappa shape index (κ3) is 6.36. The number of aliphatic hydroxyl groups is 1. The molecule has 2 aromatic rings. The van der Waals surface area contributed by atoms with Crippen LogP contribution in [-0.2, 0) is 4.74 Å². The summed E-state index contributed by atoms with van der Waals surface area (Å²) in [5.74, 6) is 0.533. The van der Waals surface area contributed by atoms with E-state index in [9.17, 15) is 5.11 Å². The zero-order chi connectivity index (χ0) is 17.8. The van der Waals surface area contributed by atoms with Gasteiger partial charge in [0.1, 0.15) is 6.10 Å². The Morgan fingerprint density at radius 3 is 2.33 bits per heavy atom. The lowest BCUT2D eigenvalue weighted by Gasteiger charge is -2.23. The van der Waals surface area contributed by atoms with Crippen LogP contribution in [0.5, 0.6) is 5.88 Å². The van der Waals surface area contributed by atoms with Crippen LogP contribution in [0.1, 0.15) is 36.1 Å². The molecule has 150 valence electrons. The van der Waals surface area contributed by atoms with E-state index in [1.807, 2.05) is 0 Å². The van der Waals surface area contributed by atoms with Crippen LogP contribution >= 0.6 is 48.0 Å². The smallest absolute Gasteiger partial charge is 0.213 e. The van der Waals surface area contributed by atoms with Crippen molar-refractivity contribution in [3.8, 4) is 5.88 Å². The van der Waals surface area contributed by atoms with Gasteiger partial charge in [0.2, 0.25) is 5.88 Å². The van der Waals surface area contributed by atoms with Crippen LogP contribution in [0.25, 0.3) is 0 Å². The Hall–Kier alpha value is -0.790. The van der Waals surface area contributed by atoms with Gasteiger partial charge in [0, 0.05) is 30.7 Å². The second kappa shape index (κ2) is 11.3. The molecule has 1 saturated heterocycles. The Labute approximate surface area is 181 Å². The number of rotatable bonds is 5. The highest BCUT2D eigenvalue weighted by Crippen LogP contribution is 2.31. The molecule has 2 atom stereocenters. The van der Waals surface area contributed by atoms with Crippen LogP contribution in [0.3, 0.4) is 0 Å². The molecule has 2 heterocycles. The summed E-state index contributed by atoms with van der Waals surface area (Å²) < 4.78 is 11.1. The predicted molar refractivity (Wildman–Crippen MR) is 112 cm³/mol. The first-order valence-electron chi connectivity index (χ1n) is 8.13. The zero-order valence-electron chi connectivity index (χ0n) is 14.4. The van der Waals surface area contributed by atoms with Crippen LogP contribution in [0.4, 0.5) is 0 Å². The minimum Gasteiger partial charge on any atom is -0.474 e. The van der Waals surface area contributed by atoms with Crippen molar-refractivity contribution in [1.82, 2.24) is 4.98 Å². The van der Waals surface area contributed by atoms with Crippen LogP contribution in [0.15, 0.2) is 36.5 Å². The van der Waals surface area contributed by atoms with Crippen molar-refractivity contribution in [3.63, 3.8) is 0 Å². The molecule has 0 saturated carbocycles. The van der Waals surface area contributed by atoms with Gasteiger partial charge in [0.25, 0.3) is 0 Å². The zero-order valence-corrected chi connectivity index (χ0v) is 17.5. The molecule has 0 aliphatic carbocycles. The number of pyridine rings is 1. The molecule has 1 aliphatic heterocycles. The maximum atomic E-state index is 10.5. The number of nitrogens with two attached hydrogens (primary N) is 1. The summed E-state index contributed by atoms with van der Waals surface area (Å²) in [7, 11) is 0. The highest BCUT2D eigenvalue weighted by molar-refractivity contribution is 6.42. The Morgan fingerprint density at radius 2 is 1.74 bits per heavy atom. The summed E-state index contributed by atoms with van der Waals surface area (Å²) in [6.45, 7) is 1.42. The summed E-state index contributed by atoms with van der Waals surface area (Å²) in [5, 5.41) is 11.4. The molecule has 3 N–H and O–H groups in total. The van der Waals surface area contributed by atoms with Gasteiger partial charge in [0.15, 0.2) is 0 Å². The number of hydrogen-bond acceptors (Lipinski definition) is 5. The summed E-state index contributed by atoms with van der Waals surface area (Å²) in [6, 6.07) is 7.94. The van der Waals surface area contributed by atoms with Crippen molar-refractivity contribution < 1.29 is 14.6 Å². The minimum absolute atomic E-state index is 0. The lowest BCUT2D eigenvalue weighted by Crippen LogP contribution is -2.26.